The molecule has 3 atom stereocenters. The average molecular weight is 370 g/mol. The maximum atomic E-state index is 11.6. The van der Waals surface area contributed by atoms with Crippen molar-refractivity contribution in [1.29, 1.82) is 0 Å². The molecule has 1 heterocycles. The Hall–Kier alpha value is -1.97. The van der Waals surface area contributed by atoms with E-state index in [-0.39, 0.29) is 22.1 Å². The second-order valence-electron chi connectivity index (χ2n) is 9.88. The fourth-order valence-corrected chi connectivity index (χ4v) is 6.40. The fraction of sp³-hybridized carbons (Fsp3) is 0.609. The van der Waals surface area contributed by atoms with E-state index in [1.54, 1.807) is 13.0 Å². The third-order valence-electron chi connectivity index (χ3n) is 7.66. The molecule has 0 saturated heterocycles. The second-order valence-corrected chi connectivity index (χ2v) is 9.88. The van der Waals surface area contributed by atoms with Crippen molar-refractivity contribution in [2.75, 3.05) is 0 Å². The van der Waals surface area contributed by atoms with Crippen molar-refractivity contribution < 1.29 is 19.7 Å². The molecule has 2 aliphatic carbocycles. The van der Waals surface area contributed by atoms with E-state index >= 15 is 0 Å². The highest BCUT2D eigenvalue weighted by atomic mass is 16.5. The number of phenols is 1. The Kier molecular flexibility index (Phi) is 3.76. The van der Waals surface area contributed by atoms with E-state index in [0.29, 0.717) is 22.8 Å². The van der Waals surface area contributed by atoms with Gasteiger partial charge in [0.15, 0.2) is 0 Å². The SMILES string of the molecule is Cc1cc2c(c(O)c1C(=O)O)C=C1[C@]3(C)CCCC(C)(C)[C@H]3CC[C@]1(C)O2. The number of aromatic carboxylic acids is 1. The van der Waals surface area contributed by atoms with Gasteiger partial charge in [0.05, 0.1) is 5.56 Å². The summed E-state index contributed by atoms with van der Waals surface area (Å²) < 4.78 is 6.48. The summed E-state index contributed by atoms with van der Waals surface area (Å²) in [5, 5.41) is 20.3. The zero-order chi connectivity index (χ0) is 19.8. The van der Waals surface area contributed by atoms with Crippen molar-refractivity contribution in [3.63, 3.8) is 0 Å². The first-order valence-electron chi connectivity index (χ1n) is 10.0. The van der Waals surface area contributed by atoms with Gasteiger partial charge in [-0.05, 0) is 79.6 Å². The number of hydrogen-bond donors (Lipinski definition) is 2. The highest BCUT2D eigenvalue weighted by Gasteiger charge is 2.57. The van der Waals surface area contributed by atoms with Gasteiger partial charge in [0, 0.05) is 0 Å². The Balaban J connectivity index is 1.93. The molecule has 4 heteroatoms. The fourth-order valence-electron chi connectivity index (χ4n) is 6.40. The van der Waals surface area contributed by atoms with Crippen LogP contribution in [0.25, 0.3) is 6.08 Å². The smallest absolute Gasteiger partial charge is 0.339 e. The van der Waals surface area contributed by atoms with E-state index in [4.69, 9.17) is 4.74 Å². The predicted octanol–water partition coefficient (Wildman–Crippen LogP) is 5.56. The van der Waals surface area contributed by atoms with Crippen LogP contribution in [0.5, 0.6) is 11.5 Å². The van der Waals surface area contributed by atoms with Crippen LogP contribution in [-0.2, 0) is 0 Å². The first-order chi connectivity index (χ1) is 12.5. The summed E-state index contributed by atoms with van der Waals surface area (Å²) in [6.07, 6.45) is 7.66. The lowest BCUT2D eigenvalue weighted by molar-refractivity contribution is -0.0517. The number of carboxylic acids is 1. The number of rotatable bonds is 1. The monoisotopic (exact) mass is 370 g/mol. The van der Waals surface area contributed by atoms with Gasteiger partial charge >= 0.3 is 5.97 Å². The largest absolute Gasteiger partial charge is 0.506 e. The quantitative estimate of drug-likeness (QED) is 0.679. The Morgan fingerprint density at radius 2 is 1.89 bits per heavy atom. The summed E-state index contributed by atoms with van der Waals surface area (Å²) in [5.74, 6) is -0.118. The molecule has 0 unspecified atom stereocenters. The van der Waals surface area contributed by atoms with Gasteiger partial charge in [-0.2, -0.15) is 0 Å². The maximum Gasteiger partial charge on any atom is 0.339 e. The van der Waals surface area contributed by atoms with Crippen LogP contribution in [-0.4, -0.2) is 21.8 Å². The summed E-state index contributed by atoms with van der Waals surface area (Å²) in [6.45, 7) is 11.0. The highest BCUT2D eigenvalue weighted by molar-refractivity contribution is 5.95. The lowest BCUT2D eigenvalue weighted by Crippen LogP contribution is -2.55. The molecule has 0 spiro atoms. The van der Waals surface area contributed by atoms with Gasteiger partial charge in [-0.15, -0.1) is 0 Å². The van der Waals surface area contributed by atoms with E-state index in [1.807, 2.05) is 6.08 Å². The number of aryl methyl sites for hydroxylation is 1. The van der Waals surface area contributed by atoms with Crippen LogP contribution >= 0.6 is 0 Å². The molecule has 1 aromatic carbocycles. The normalized spacial score (nSPS) is 33.8. The van der Waals surface area contributed by atoms with Crippen LogP contribution in [0.1, 0.15) is 81.3 Å². The third-order valence-corrected chi connectivity index (χ3v) is 7.66. The molecular formula is C23H30O4. The molecule has 2 saturated carbocycles. The molecule has 2 fully saturated rings. The summed E-state index contributed by atoms with van der Waals surface area (Å²) >= 11 is 0. The van der Waals surface area contributed by atoms with Gasteiger partial charge in [-0.25, -0.2) is 4.79 Å². The minimum Gasteiger partial charge on any atom is -0.506 e. The summed E-state index contributed by atoms with van der Waals surface area (Å²) in [6, 6.07) is 1.76. The van der Waals surface area contributed by atoms with E-state index in [1.165, 1.54) is 18.4 Å². The molecule has 4 nitrogen and oxygen atoms in total. The number of ether oxygens (including phenoxy) is 1. The molecule has 27 heavy (non-hydrogen) atoms. The number of hydrogen-bond acceptors (Lipinski definition) is 3. The Bertz CT molecular complexity index is 866. The standard InChI is InChI=1S/C23H30O4/c1-13-11-15-14(19(24)18(13)20(25)26)12-17-22(4)9-6-8-21(2,3)16(22)7-10-23(17,5)27-15/h11-12,16,24H,6-10H2,1-5H3,(H,25,26)/t16-,22-,23+/m1/s1. The second kappa shape index (κ2) is 5.52. The summed E-state index contributed by atoms with van der Waals surface area (Å²) in [7, 11) is 0. The van der Waals surface area contributed by atoms with Gasteiger partial charge in [-0.3, -0.25) is 0 Å². The van der Waals surface area contributed by atoms with Crippen molar-refractivity contribution >= 4 is 12.0 Å². The minimum atomic E-state index is -1.11. The lowest BCUT2D eigenvalue weighted by Gasteiger charge is -2.60. The van der Waals surface area contributed by atoms with Gasteiger partial charge in [0.1, 0.15) is 22.7 Å². The number of fused-ring (bicyclic) bond motifs is 4. The highest BCUT2D eigenvalue weighted by Crippen LogP contribution is 2.64. The molecule has 0 amide bonds. The van der Waals surface area contributed by atoms with Crippen LogP contribution in [0.4, 0.5) is 0 Å². The maximum absolute atomic E-state index is 11.6. The van der Waals surface area contributed by atoms with Crippen LogP contribution < -0.4 is 4.74 Å². The third kappa shape index (κ3) is 2.45. The summed E-state index contributed by atoms with van der Waals surface area (Å²) in [5.41, 5.74) is 2.13. The Labute approximate surface area is 161 Å². The van der Waals surface area contributed by atoms with E-state index < -0.39 is 11.6 Å². The lowest BCUT2D eigenvalue weighted by atomic mass is 9.47. The molecule has 0 aromatic heterocycles. The Morgan fingerprint density at radius 1 is 1.19 bits per heavy atom. The average Bonchev–Trinajstić information content (AvgIpc) is 2.51. The zero-order valence-electron chi connectivity index (χ0n) is 17.0. The van der Waals surface area contributed by atoms with Gasteiger partial charge in [0.2, 0.25) is 0 Å². The molecule has 2 N–H and O–H groups in total. The van der Waals surface area contributed by atoms with Crippen LogP contribution in [0.15, 0.2) is 11.6 Å². The predicted molar refractivity (Wildman–Crippen MR) is 105 cm³/mol. The zero-order valence-corrected chi connectivity index (χ0v) is 17.0. The van der Waals surface area contributed by atoms with Crippen molar-refractivity contribution in [3.05, 3.63) is 28.3 Å². The molecule has 3 aliphatic rings. The van der Waals surface area contributed by atoms with Crippen molar-refractivity contribution in [1.82, 2.24) is 0 Å². The molecule has 1 aliphatic heterocycles. The van der Waals surface area contributed by atoms with Gasteiger partial charge < -0.3 is 14.9 Å². The van der Waals surface area contributed by atoms with E-state index in [9.17, 15) is 15.0 Å². The van der Waals surface area contributed by atoms with Gasteiger partial charge in [-0.1, -0.05) is 27.2 Å². The topological polar surface area (TPSA) is 66.8 Å². The summed E-state index contributed by atoms with van der Waals surface area (Å²) in [4.78, 5) is 11.6. The molecule has 0 bridgehead atoms. The van der Waals surface area contributed by atoms with E-state index in [2.05, 4.69) is 27.7 Å². The molecule has 146 valence electrons. The van der Waals surface area contributed by atoms with Crippen LogP contribution in [0, 0.1) is 23.7 Å². The Morgan fingerprint density at radius 3 is 2.56 bits per heavy atom. The van der Waals surface area contributed by atoms with Crippen LogP contribution in [0.3, 0.4) is 0 Å². The van der Waals surface area contributed by atoms with Gasteiger partial charge in [0.25, 0.3) is 0 Å². The number of aromatic hydroxyl groups is 1. The molecular weight excluding hydrogens is 340 g/mol. The van der Waals surface area contributed by atoms with Crippen molar-refractivity contribution in [2.45, 2.75) is 72.3 Å². The number of carbonyl (C=O) groups is 1. The molecule has 4 rings (SSSR count). The number of carboxylic acid groups (broad SMARTS) is 1. The van der Waals surface area contributed by atoms with Crippen molar-refractivity contribution in [2.24, 2.45) is 16.7 Å². The van der Waals surface area contributed by atoms with Crippen molar-refractivity contribution in [3.8, 4) is 11.5 Å². The first kappa shape index (κ1) is 18.4. The molecule has 0 radical (unpaired) electrons. The minimum absolute atomic E-state index is 0.00710. The molecule has 1 aromatic rings. The first-order valence-corrected chi connectivity index (χ1v) is 10.0. The van der Waals surface area contributed by atoms with Crippen LogP contribution in [0.2, 0.25) is 0 Å². The van der Waals surface area contributed by atoms with E-state index in [0.717, 1.165) is 19.3 Å². The number of benzene rings is 1.